The first-order chi connectivity index (χ1) is 22.4. The van der Waals surface area contributed by atoms with Crippen molar-refractivity contribution in [3.05, 3.63) is 87.5 Å². The quantitative estimate of drug-likeness (QED) is 0.201. The molecule has 1 N–H and O–H groups in total. The van der Waals surface area contributed by atoms with Crippen molar-refractivity contribution in [2.45, 2.75) is 63.5 Å². The van der Waals surface area contributed by atoms with Crippen molar-refractivity contribution in [2.75, 3.05) is 13.1 Å². The molecule has 8 nitrogen and oxygen atoms in total. The smallest absolute Gasteiger partial charge is 0.444 e. The molecule has 2 fully saturated rings. The predicted molar refractivity (Wildman–Crippen MR) is 159 cm³/mol. The molecule has 4 heterocycles. The fourth-order valence-corrected chi connectivity index (χ4v) is 6.58. The van der Waals surface area contributed by atoms with E-state index in [4.69, 9.17) is 21.1 Å². The van der Waals surface area contributed by atoms with E-state index in [1.165, 1.54) is 36.5 Å². The van der Waals surface area contributed by atoms with Crippen LogP contribution in [0.1, 0.15) is 66.7 Å². The second-order valence-electron chi connectivity index (χ2n) is 12.5. The maximum absolute atomic E-state index is 15.4. The summed E-state index contributed by atoms with van der Waals surface area (Å²) in [5, 5.41) is 15.6. The standard InChI is InChI=1S/C33H28ClF5N6O2/c1-31(22-3-2-21(34)13-24(22)36)46-26-5-4-23(35)27(28(26)47-31)18-6-10-45(11-7-18)16-25-19(14-32(17-40)8-9-32)12-20(15-41-25)29-42-30(44-43-29)33(37,38)39/h2-5,12-13,15,18H,6-11,14,16H2,1H3,(H,42,43,44)/t31-/m1/s1. The Morgan fingerprint density at radius 3 is 2.51 bits per heavy atom. The molecular formula is C33H28ClF5N6O2. The molecule has 2 aromatic heterocycles. The van der Waals surface area contributed by atoms with Gasteiger partial charge in [-0.15, -0.1) is 0 Å². The van der Waals surface area contributed by atoms with Crippen molar-refractivity contribution < 1.29 is 31.4 Å². The molecule has 244 valence electrons. The molecule has 1 atom stereocenters. The first-order valence-electron chi connectivity index (χ1n) is 15.1. The van der Waals surface area contributed by atoms with Crippen LogP contribution in [0.5, 0.6) is 11.5 Å². The molecule has 0 spiro atoms. The fraction of sp³-hybridized carbons (Fsp3) is 0.394. The van der Waals surface area contributed by atoms with Crippen molar-refractivity contribution >= 4 is 11.6 Å². The Labute approximate surface area is 271 Å². The molecule has 2 aliphatic heterocycles. The number of pyridine rings is 1. The van der Waals surface area contributed by atoms with Crippen molar-refractivity contribution in [1.82, 2.24) is 25.1 Å². The number of ether oxygens (including phenoxy) is 2. The summed E-state index contributed by atoms with van der Waals surface area (Å²) in [6, 6.07) is 11.1. The maximum Gasteiger partial charge on any atom is 0.451 e. The molecule has 1 saturated heterocycles. The number of hydrogen-bond acceptors (Lipinski definition) is 7. The van der Waals surface area contributed by atoms with Crippen molar-refractivity contribution in [1.29, 1.82) is 5.26 Å². The molecule has 0 amide bonds. The molecule has 2 aromatic carbocycles. The molecule has 14 heteroatoms. The van der Waals surface area contributed by atoms with E-state index in [1.54, 1.807) is 13.0 Å². The molecule has 7 rings (SSSR count). The summed E-state index contributed by atoms with van der Waals surface area (Å²) in [4.78, 5) is 10.4. The molecule has 0 radical (unpaired) electrons. The number of nitriles is 1. The van der Waals surface area contributed by atoms with Gasteiger partial charge in [-0.25, -0.2) is 13.8 Å². The Bertz CT molecular complexity index is 1900. The molecule has 0 unspecified atom stereocenters. The van der Waals surface area contributed by atoms with Crippen molar-refractivity contribution in [3.63, 3.8) is 0 Å². The van der Waals surface area contributed by atoms with Gasteiger partial charge in [0.15, 0.2) is 17.3 Å². The number of halogens is 6. The van der Waals surface area contributed by atoms with Gasteiger partial charge in [0.1, 0.15) is 11.6 Å². The Morgan fingerprint density at radius 1 is 1.09 bits per heavy atom. The van der Waals surface area contributed by atoms with E-state index in [-0.39, 0.29) is 28.1 Å². The molecule has 1 saturated carbocycles. The zero-order chi connectivity index (χ0) is 33.1. The topological polar surface area (TPSA) is 100.0 Å². The number of benzene rings is 2. The normalized spacial score (nSPS) is 20.7. The third-order valence-corrected chi connectivity index (χ3v) is 9.42. The van der Waals surface area contributed by atoms with Gasteiger partial charge in [-0.1, -0.05) is 11.6 Å². The van der Waals surface area contributed by atoms with Crippen LogP contribution >= 0.6 is 11.6 Å². The number of hydrogen-bond donors (Lipinski definition) is 1. The number of alkyl halides is 3. The van der Waals surface area contributed by atoms with Crippen molar-refractivity contribution in [2.24, 2.45) is 5.41 Å². The summed E-state index contributed by atoms with van der Waals surface area (Å²) in [5.41, 5.74) is 1.80. The summed E-state index contributed by atoms with van der Waals surface area (Å²) < 4.78 is 81.8. The van der Waals surface area contributed by atoms with Gasteiger partial charge in [-0.05, 0) is 93.1 Å². The monoisotopic (exact) mass is 670 g/mol. The van der Waals surface area contributed by atoms with Gasteiger partial charge in [0, 0.05) is 35.8 Å². The SMILES string of the molecule is C[C@@]1(c2ccc(Cl)cc2F)Oc2ccc(F)c(C3CCN(Cc4ncc(-c5n[nH]c(C(F)(F)F)n5)cc4CC4(C#N)CC4)CC3)c2O1. The highest BCUT2D eigenvalue weighted by Gasteiger charge is 2.45. The lowest BCUT2D eigenvalue weighted by Crippen LogP contribution is -2.34. The largest absolute Gasteiger partial charge is 0.451 e. The third-order valence-electron chi connectivity index (χ3n) is 9.19. The number of piperidine rings is 1. The van der Waals surface area contributed by atoms with Crippen LogP contribution in [0.2, 0.25) is 5.02 Å². The minimum Gasteiger partial charge on any atom is -0.444 e. The highest BCUT2D eigenvalue weighted by molar-refractivity contribution is 6.30. The van der Waals surface area contributed by atoms with E-state index in [2.05, 4.69) is 26.0 Å². The van der Waals surface area contributed by atoms with Crippen LogP contribution in [0.15, 0.2) is 42.6 Å². The van der Waals surface area contributed by atoms with Crippen LogP contribution in [0, 0.1) is 28.4 Å². The lowest BCUT2D eigenvalue weighted by molar-refractivity contribution is -0.144. The minimum absolute atomic E-state index is 0.126. The van der Waals surface area contributed by atoms with Gasteiger partial charge in [-0.2, -0.15) is 23.5 Å². The second-order valence-corrected chi connectivity index (χ2v) is 13.0. The summed E-state index contributed by atoms with van der Waals surface area (Å²) in [6.45, 7) is 3.21. The van der Waals surface area contributed by atoms with Gasteiger partial charge >= 0.3 is 6.18 Å². The number of H-pyrrole nitrogens is 1. The number of fused-ring (bicyclic) bond motifs is 1. The summed E-state index contributed by atoms with van der Waals surface area (Å²) >= 11 is 5.93. The maximum atomic E-state index is 15.4. The van der Waals surface area contributed by atoms with E-state index in [9.17, 15) is 22.8 Å². The zero-order valence-corrected chi connectivity index (χ0v) is 25.9. The number of aromatic amines is 1. The van der Waals surface area contributed by atoms with Gasteiger partial charge in [0.05, 0.1) is 22.7 Å². The second kappa shape index (κ2) is 11.5. The van der Waals surface area contributed by atoms with Crippen LogP contribution in [0.4, 0.5) is 22.0 Å². The lowest BCUT2D eigenvalue weighted by Gasteiger charge is -2.33. The molecule has 4 aromatic rings. The summed E-state index contributed by atoms with van der Waals surface area (Å²) in [5.74, 6) is -3.47. The highest BCUT2D eigenvalue weighted by Crippen LogP contribution is 2.51. The average molecular weight is 671 g/mol. The van der Waals surface area contributed by atoms with Gasteiger partial charge in [0.25, 0.3) is 5.79 Å². The minimum atomic E-state index is -4.66. The van der Waals surface area contributed by atoms with Gasteiger partial charge in [-0.3, -0.25) is 15.0 Å². The average Bonchev–Trinajstić information content (AvgIpc) is 3.44. The highest BCUT2D eigenvalue weighted by atomic mass is 35.5. The Kier molecular flexibility index (Phi) is 7.63. The van der Waals surface area contributed by atoms with E-state index >= 15 is 4.39 Å². The van der Waals surface area contributed by atoms with Crippen LogP contribution < -0.4 is 9.47 Å². The number of rotatable bonds is 7. The Balaban J connectivity index is 1.08. The summed E-state index contributed by atoms with van der Waals surface area (Å²) in [7, 11) is 0. The van der Waals surface area contributed by atoms with Gasteiger partial charge < -0.3 is 9.47 Å². The summed E-state index contributed by atoms with van der Waals surface area (Å²) in [6.07, 6.45) is -0.145. The number of nitrogens with zero attached hydrogens (tertiary/aromatic N) is 5. The van der Waals surface area contributed by atoms with Crippen LogP contribution in [-0.2, 0) is 24.9 Å². The first-order valence-corrected chi connectivity index (χ1v) is 15.5. The van der Waals surface area contributed by atoms with Crippen LogP contribution in [0.25, 0.3) is 11.4 Å². The number of likely N-dealkylation sites (tertiary alicyclic amines) is 1. The van der Waals surface area contributed by atoms with E-state index in [1.807, 2.05) is 5.10 Å². The molecule has 1 aliphatic carbocycles. The fourth-order valence-electron chi connectivity index (χ4n) is 6.42. The first kappa shape index (κ1) is 31.3. The molecule has 0 bridgehead atoms. The lowest BCUT2D eigenvalue weighted by atomic mass is 9.88. The predicted octanol–water partition coefficient (Wildman–Crippen LogP) is 7.69. The molecule has 3 aliphatic rings. The Morgan fingerprint density at radius 2 is 1.85 bits per heavy atom. The van der Waals surface area contributed by atoms with Crippen molar-refractivity contribution in [3.8, 4) is 29.0 Å². The van der Waals surface area contributed by atoms with E-state index in [0.29, 0.717) is 61.5 Å². The molecular weight excluding hydrogens is 643 g/mol. The number of aromatic nitrogens is 4. The van der Waals surface area contributed by atoms with E-state index < -0.39 is 34.8 Å². The number of nitrogens with one attached hydrogen (secondary N) is 1. The van der Waals surface area contributed by atoms with Crippen LogP contribution in [-0.4, -0.2) is 38.2 Å². The van der Waals surface area contributed by atoms with E-state index in [0.717, 1.165) is 18.4 Å². The van der Waals surface area contributed by atoms with Gasteiger partial charge in [0.2, 0.25) is 5.82 Å². The van der Waals surface area contributed by atoms with Crippen LogP contribution in [0.3, 0.4) is 0 Å². The Hall–Kier alpha value is -4.28. The third kappa shape index (κ3) is 6.00. The molecule has 47 heavy (non-hydrogen) atoms. The zero-order valence-electron chi connectivity index (χ0n) is 25.1.